The lowest BCUT2D eigenvalue weighted by Gasteiger charge is -2.18. The van der Waals surface area contributed by atoms with Gasteiger partial charge in [-0.2, -0.15) is 0 Å². The molecule has 2 rings (SSSR count). The van der Waals surface area contributed by atoms with Gasteiger partial charge in [0.25, 0.3) is 0 Å². The Morgan fingerprint density at radius 2 is 1.89 bits per heavy atom. The highest BCUT2D eigenvalue weighted by molar-refractivity contribution is 5.48. The van der Waals surface area contributed by atoms with E-state index in [2.05, 4.69) is 0 Å². The topological polar surface area (TPSA) is 29.5 Å². The molecule has 0 aliphatic carbocycles. The molecular formula is C16H17FO2. The highest BCUT2D eigenvalue weighted by atomic mass is 19.1. The van der Waals surface area contributed by atoms with Crippen molar-refractivity contribution >= 4 is 0 Å². The first kappa shape index (κ1) is 13.6. The van der Waals surface area contributed by atoms with Crippen LogP contribution in [-0.2, 0) is 0 Å². The molecule has 100 valence electrons. The predicted octanol–water partition coefficient (Wildman–Crippen LogP) is 3.53. The van der Waals surface area contributed by atoms with Gasteiger partial charge in [0.05, 0.1) is 7.11 Å². The summed E-state index contributed by atoms with van der Waals surface area (Å²) >= 11 is 0. The summed E-state index contributed by atoms with van der Waals surface area (Å²) in [5.41, 5.74) is 3.24. The summed E-state index contributed by atoms with van der Waals surface area (Å²) < 4.78 is 18.6. The van der Waals surface area contributed by atoms with Gasteiger partial charge < -0.3 is 9.84 Å². The van der Waals surface area contributed by atoms with Gasteiger partial charge in [-0.15, -0.1) is 0 Å². The van der Waals surface area contributed by atoms with Crippen molar-refractivity contribution in [2.24, 2.45) is 0 Å². The van der Waals surface area contributed by atoms with Gasteiger partial charge >= 0.3 is 0 Å². The van der Waals surface area contributed by atoms with Crippen molar-refractivity contribution in [2.45, 2.75) is 20.0 Å². The van der Waals surface area contributed by atoms with Gasteiger partial charge in [0, 0.05) is 5.56 Å². The van der Waals surface area contributed by atoms with Crippen LogP contribution in [0.25, 0.3) is 0 Å². The summed E-state index contributed by atoms with van der Waals surface area (Å²) in [6.07, 6.45) is -0.898. The molecule has 1 unspecified atom stereocenters. The zero-order valence-corrected chi connectivity index (χ0v) is 11.3. The lowest BCUT2D eigenvalue weighted by atomic mass is 9.96. The smallest absolute Gasteiger partial charge is 0.128 e. The minimum absolute atomic E-state index is 0.362. The van der Waals surface area contributed by atoms with Crippen molar-refractivity contribution in [1.29, 1.82) is 0 Å². The van der Waals surface area contributed by atoms with Crippen LogP contribution in [0.5, 0.6) is 5.75 Å². The van der Waals surface area contributed by atoms with Crippen LogP contribution in [0.4, 0.5) is 4.39 Å². The molecule has 3 heteroatoms. The minimum Gasteiger partial charge on any atom is -0.496 e. The largest absolute Gasteiger partial charge is 0.496 e. The number of halogens is 1. The van der Waals surface area contributed by atoms with Crippen LogP contribution in [0.15, 0.2) is 36.4 Å². The standard InChI is InChI=1S/C16H17FO2/c1-10-7-8-14(16(19-3)11(10)2)15(18)12-5-4-6-13(17)9-12/h4-9,15,18H,1-3H3. The van der Waals surface area contributed by atoms with Crippen molar-refractivity contribution in [3.05, 3.63) is 64.5 Å². The van der Waals surface area contributed by atoms with E-state index in [0.29, 0.717) is 16.9 Å². The zero-order valence-electron chi connectivity index (χ0n) is 11.3. The van der Waals surface area contributed by atoms with Gasteiger partial charge in [-0.25, -0.2) is 4.39 Å². The third kappa shape index (κ3) is 2.61. The maximum absolute atomic E-state index is 13.2. The molecule has 2 aromatic carbocycles. The normalized spacial score (nSPS) is 12.3. The maximum atomic E-state index is 13.2. The molecule has 1 atom stereocenters. The van der Waals surface area contributed by atoms with E-state index in [4.69, 9.17) is 4.74 Å². The van der Waals surface area contributed by atoms with Gasteiger partial charge in [0.1, 0.15) is 17.7 Å². The molecule has 0 aromatic heterocycles. The van der Waals surface area contributed by atoms with E-state index in [1.807, 2.05) is 26.0 Å². The fourth-order valence-corrected chi connectivity index (χ4v) is 2.15. The monoisotopic (exact) mass is 260 g/mol. The molecule has 0 saturated carbocycles. The van der Waals surface area contributed by atoms with Crippen LogP contribution >= 0.6 is 0 Å². The molecule has 0 saturated heterocycles. The first-order valence-corrected chi connectivity index (χ1v) is 6.12. The zero-order chi connectivity index (χ0) is 14.0. The van der Waals surface area contributed by atoms with E-state index in [0.717, 1.165) is 11.1 Å². The average Bonchev–Trinajstić information content (AvgIpc) is 2.41. The van der Waals surface area contributed by atoms with Crippen molar-refractivity contribution in [3.63, 3.8) is 0 Å². The van der Waals surface area contributed by atoms with Crippen LogP contribution in [-0.4, -0.2) is 12.2 Å². The number of methoxy groups -OCH3 is 1. The molecular weight excluding hydrogens is 243 g/mol. The van der Waals surface area contributed by atoms with Crippen molar-refractivity contribution < 1.29 is 14.2 Å². The Labute approximate surface area is 112 Å². The number of hydrogen-bond acceptors (Lipinski definition) is 2. The molecule has 0 radical (unpaired) electrons. The summed E-state index contributed by atoms with van der Waals surface area (Å²) in [6, 6.07) is 9.71. The Balaban J connectivity index is 2.50. The molecule has 0 aliphatic rings. The lowest BCUT2D eigenvalue weighted by Crippen LogP contribution is -2.04. The number of benzene rings is 2. The van der Waals surface area contributed by atoms with Crippen LogP contribution < -0.4 is 4.74 Å². The number of aliphatic hydroxyl groups excluding tert-OH is 1. The second-order valence-corrected chi connectivity index (χ2v) is 4.59. The second-order valence-electron chi connectivity index (χ2n) is 4.59. The quantitative estimate of drug-likeness (QED) is 0.914. The number of hydrogen-bond donors (Lipinski definition) is 1. The van der Waals surface area contributed by atoms with Gasteiger partial charge in [-0.3, -0.25) is 0 Å². The van der Waals surface area contributed by atoms with Crippen LogP contribution in [0, 0.1) is 19.7 Å². The number of aliphatic hydroxyl groups is 1. The Hall–Kier alpha value is -1.87. The minimum atomic E-state index is -0.898. The molecule has 0 spiro atoms. The third-order valence-electron chi connectivity index (χ3n) is 3.37. The molecule has 19 heavy (non-hydrogen) atoms. The second kappa shape index (κ2) is 5.41. The van der Waals surface area contributed by atoms with E-state index >= 15 is 0 Å². The first-order valence-electron chi connectivity index (χ1n) is 6.12. The van der Waals surface area contributed by atoms with Crippen LogP contribution in [0.2, 0.25) is 0 Å². The average molecular weight is 260 g/mol. The molecule has 0 aliphatic heterocycles. The van der Waals surface area contributed by atoms with Gasteiger partial charge in [-0.1, -0.05) is 24.3 Å². The SMILES string of the molecule is COc1c(C(O)c2cccc(F)c2)ccc(C)c1C. The molecule has 0 heterocycles. The molecule has 2 aromatic rings. The fourth-order valence-electron chi connectivity index (χ4n) is 2.15. The predicted molar refractivity (Wildman–Crippen MR) is 72.9 cm³/mol. The first-order chi connectivity index (χ1) is 9.04. The van der Waals surface area contributed by atoms with E-state index in [1.54, 1.807) is 19.2 Å². The fraction of sp³-hybridized carbons (Fsp3) is 0.250. The molecule has 2 nitrogen and oxygen atoms in total. The molecule has 0 amide bonds. The van der Waals surface area contributed by atoms with E-state index in [-0.39, 0.29) is 5.82 Å². The van der Waals surface area contributed by atoms with Crippen molar-refractivity contribution in [3.8, 4) is 5.75 Å². The highest BCUT2D eigenvalue weighted by Gasteiger charge is 2.18. The summed E-state index contributed by atoms with van der Waals surface area (Å²) in [4.78, 5) is 0. The Morgan fingerprint density at radius 3 is 2.53 bits per heavy atom. The van der Waals surface area contributed by atoms with Crippen molar-refractivity contribution in [1.82, 2.24) is 0 Å². The molecule has 0 fully saturated rings. The maximum Gasteiger partial charge on any atom is 0.128 e. The number of ether oxygens (including phenoxy) is 1. The number of rotatable bonds is 3. The summed E-state index contributed by atoms with van der Waals surface area (Å²) in [5, 5.41) is 10.4. The Kier molecular flexibility index (Phi) is 3.86. The number of aryl methyl sites for hydroxylation is 1. The van der Waals surface area contributed by atoms with Crippen LogP contribution in [0.3, 0.4) is 0 Å². The lowest BCUT2D eigenvalue weighted by molar-refractivity contribution is 0.214. The Bertz CT molecular complexity index is 593. The molecule has 0 bridgehead atoms. The summed E-state index contributed by atoms with van der Waals surface area (Å²) in [7, 11) is 1.57. The van der Waals surface area contributed by atoms with E-state index in [1.165, 1.54) is 12.1 Å². The van der Waals surface area contributed by atoms with Gasteiger partial charge in [-0.05, 0) is 42.7 Å². The highest BCUT2D eigenvalue weighted by Crippen LogP contribution is 2.34. The van der Waals surface area contributed by atoms with Crippen molar-refractivity contribution in [2.75, 3.05) is 7.11 Å². The Morgan fingerprint density at radius 1 is 1.16 bits per heavy atom. The van der Waals surface area contributed by atoms with Gasteiger partial charge in [0.15, 0.2) is 0 Å². The van der Waals surface area contributed by atoms with Crippen LogP contribution in [0.1, 0.15) is 28.4 Å². The third-order valence-corrected chi connectivity index (χ3v) is 3.37. The summed E-state index contributed by atoms with van der Waals surface area (Å²) in [5.74, 6) is 0.288. The van der Waals surface area contributed by atoms with E-state index in [9.17, 15) is 9.50 Å². The van der Waals surface area contributed by atoms with E-state index < -0.39 is 6.10 Å². The van der Waals surface area contributed by atoms with Gasteiger partial charge in [0.2, 0.25) is 0 Å². The molecule has 1 N–H and O–H groups in total. The summed E-state index contributed by atoms with van der Waals surface area (Å²) in [6.45, 7) is 3.92.